The van der Waals surface area contributed by atoms with Crippen LogP contribution in [-0.4, -0.2) is 11.5 Å². The van der Waals surface area contributed by atoms with Crippen LogP contribution in [0.15, 0.2) is 36.7 Å². The van der Waals surface area contributed by atoms with Gasteiger partial charge in [0.05, 0.1) is 6.20 Å². The van der Waals surface area contributed by atoms with Crippen molar-refractivity contribution in [1.82, 2.24) is 10.3 Å². The number of rotatable bonds is 5. The first-order chi connectivity index (χ1) is 9.15. The van der Waals surface area contributed by atoms with Gasteiger partial charge in [0.2, 0.25) is 0 Å². The number of benzene rings is 1. The third-order valence-corrected chi connectivity index (χ3v) is 2.97. The number of aryl methyl sites for hydroxylation is 1. The highest BCUT2D eigenvalue weighted by atomic mass is 19.1. The lowest BCUT2D eigenvalue weighted by Crippen LogP contribution is -2.17. The summed E-state index contributed by atoms with van der Waals surface area (Å²) in [4.78, 5) is 3.79. The van der Waals surface area contributed by atoms with E-state index in [0.29, 0.717) is 6.54 Å². The smallest absolute Gasteiger partial charge is 0.141 e. The van der Waals surface area contributed by atoms with Crippen LogP contribution >= 0.6 is 0 Å². The molecular weight excluding hydrogens is 246 g/mol. The summed E-state index contributed by atoms with van der Waals surface area (Å²) in [6.45, 7) is 3.23. The van der Waals surface area contributed by atoms with Gasteiger partial charge in [-0.1, -0.05) is 6.07 Å². The Morgan fingerprint density at radius 3 is 2.68 bits per heavy atom. The summed E-state index contributed by atoms with van der Waals surface area (Å²) in [5, 5.41) is 3.22. The van der Waals surface area contributed by atoms with Gasteiger partial charge in [-0.05, 0) is 54.8 Å². The van der Waals surface area contributed by atoms with Crippen LogP contribution in [-0.2, 0) is 13.0 Å². The van der Waals surface area contributed by atoms with Crippen LogP contribution in [0.4, 0.5) is 8.78 Å². The van der Waals surface area contributed by atoms with E-state index in [4.69, 9.17) is 0 Å². The first kappa shape index (κ1) is 13.6. The summed E-state index contributed by atoms with van der Waals surface area (Å²) < 4.78 is 25.8. The van der Waals surface area contributed by atoms with Crippen molar-refractivity contribution in [3.05, 3.63) is 65.0 Å². The number of nitrogens with one attached hydrogen (secondary N) is 1. The average molecular weight is 262 g/mol. The zero-order chi connectivity index (χ0) is 13.7. The average Bonchev–Trinajstić information content (AvgIpc) is 2.37. The van der Waals surface area contributed by atoms with Crippen LogP contribution in [0, 0.1) is 18.6 Å². The molecule has 0 unspecified atom stereocenters. The molecule has 2 rings (SSSR count). The molecule has 4 heteroatoms. The van der Waals surface area contributed by atoms with Gasteiger partial charge in [0, 0.05) is 12.7 Å². The highest BCUT2D eigenvalue weighted by molar-refractivity contribution is 5.26. The summed E-state index contributed by atoms with van der Waals surface area (Å²) >= 11 is 0. The van der Waals surface area contributed by atoms with Crippen molar-refractivity contribution in [3.8, 4) is 0 Å². The third-order valence-electron chi connectivity index (χ3n) is 2.97. The van der Waals surface area contributed by atoms with E-state index in [1.165, 1.54) is 24.4 Å². The Hall–Kier alpha value is -1.81. The lowest BCUT2D eigenvalue weighted by Gasteiger charge is -2.07. The fourth-order valence-electron chi connectivity index (χ4n) is 1.95. The summed E-state index contributed by atoms with van der Waals surface area (Å²) in [5.74, 6) is -0.534. The molecule has 0 fully saturated rings. The van der Waals surface area contributed by atoms with Crippen LogP contribution in [0.1, 0.15) is 16.7 Å². The van der Waals surface area contributed by atoms with Crippen molar-refractivity contribution in [3.63, 3.8) is 0 Å². The van der Waals surface area contributed by atoms with E-state index in [2.05, 4.69) is 10.3 Å². The molecule has 1 aromatic heterocycles. The molecule has 0 spiro atoms. The Balaban J connectivity index is 1.81. The van der Waals surface area contributed by atoms with Gasteiger partial charge >= 0.3 is 0 Å². The first-order valence-corrected chi connectivity index (χ1v) is 6.20. The Morgan fingerprint density at radius 2 is 1.95 bits per heavy atom. The van der Waals surface area contributed by atoms with Crippen molar-refractivity contribution in [2.75, 3.05) is 6.54 Å². The quantitative estimate of drug-likeness (QED) is 0.838. The summed E-state index contributed by atoms with van der Waals surface area (Å²) in [5.41, 5.74) is 2.89. The van der Waals surface area contributed by atoms with Crippen molar-refractivity contribution < 1.29 is 8.78 Å². The van der Waals surface area contributed by atoms with Crippen LogP contribution < -0.4 is 5.32 Å². The van der Waals surface area contributed by atoms with E-state index in [9.17, 15) is 8.78 Å². The molecule has 0 atom stereocenters. The minimum atomic E-state index is -0.325. The van der Waals surface area contributed by atoms with E-state index in [1.807, 2.05) is 6.92 Å². The number of hydrogen-bond donors (Lipinski definition) is 1. The Labute approximate surface area is 111 Å². The van der Waals surface area contributed by atoms with E-state index >= 15 is 0 Å². The molecule has 0 bridgehead atoms. The first-order valence-electron chi connectivity index (χ1n) is 6.20. The number of aromatic nitrogens is 1. The standard InChI is InChI=1S/C15H16F2N2/c1-11-6-14(16)3-2-13(11)4-5-18-8-12-7-15(17)10-19-9-12/h2-3,6-7,9-10,18H,4-5,8H2,1H3. The lowest BCUT2D eigenvalue weighted by atomic mass is 10.1. The van der Waals surface area contributed by atoms with Crippen LogP contribution in [0.5, 0.6) is 0 Å². The molecule has 0 radical (unpaired) electrons. The number of nitrogens with zero attached hydrogens (tertiary/aromatic N) is 1. The summed E-state index contributed by atoms with van der Waals surface area (Å²) in [7, 11) is 0. The predicted molar refractivity (Wildman–Crippen MR) is 70.7 cm³/mol. The van der Waals surface area contributed by atoms with Gasteiger partial charge in [0.15, 0.2) is 0 Å². The molecule has 0 aliphatic rings. The van der Waals surface area contributed by atoms with E-state index in [-0.39, 0.29) is 11.6 Å². The maximum Gasteiger partial charge on any atom is 0.141 e. The highest BCUT2D eigenvalue weighted by Gasteiger charge is 2.00. The van der Waals surface area contributed by atoms with Crippen LogP contribution in [0.2, 0.25) is 0 Å². The third kappa shape index (κ3) is 4.10. The van der Waals surface area contributed by atoms with Crippen molar-refractivity contribution in [2.45, 2.75) is 19.9 Å². The van der Waals surface area contributed by atoms with Gasteiger partial charge < -0.3 is 5.32 Å². The molecule has 0 saturated carbocycles. The molecule has 1 aromatic carbocycles. The Morgan fingerprint density at radius 1 is 1.11 bits per heavy atom. The summed E-state index contributed by atoms with van der Waals surface area (Å²) in [6, 6.07) is 6.27. The van der Waals surface area contributed by atoms with Crippen LogP contribution in [0.25, 0.3) is 0 Å². The minimum Gasteiger partial charge on any atom is -0.312 e. The number of pyridine rings is 1. The molecule has 100 valence electrons. The number of halogens is 2. The fraction of sp³-hybridized carbons (Fsp3) is 0.267. The molecule has 0 aliphatic heterocycles. The van der Waals surface area contributed by atoms with E-state index in [1.54, 1.807) is 12.3 Å². The number of hydrogen-bond acceptors (Lipinski definition) is 2. The zero-order valence-electron chi connectivity index (χ0n) is 10.8. The Bertz CT molecular complexity index is 556. The highest BCUT2D eigenvalue weighted by Crippen LogP contribution is 2.10. The molecule has 2 nitrogen and oxygen atoms in total. The molecular formula is C15H16F2N2. The molecule has 19 heavy (non-hydrogen) atoms. The lowest BCUT2D eigenvalue weighted by molar-refractivity contribution is 0.612. The predicted octanol–water partition coefficient (Wildman–Crippen LogP) is 3.00. The zero-order valence-corrected chi connectivity index (χ0v) is 10.8. The topological polar surface area (TPSA) is 24.9 Å². The largest absolute Gasteiger partial charge is 0.312 e. The molecule has 0 amide bonds. The van der Waals surface area contributed by atoms with E-state index in [0.717, 1.165) is 29.7 Å². The van der Waals surface area contributed by atoms with Gasteiger partial charge in [0.1, 0.15) is 11.6 Å². The second-order valence-corrected chi connectivity index (χ2v) is 4.51. The monoisotopic (exact) mass is 262 g/mol. The second-order valence-electron chi connectivity index (χ2n) is 4.51. The van der Waals surface area contributed by atoms with Gasteiger partial charge in [0.25, 0.3) is 0 Å². The van der Waals surface area contributed by atoms with Crippen molar-refractivity contribution >= 4 is 0 Å². The normalized spacial score (nSPS) is 10.7. The summed E-state index contributed by atoms with van der Waals surface area (Å²) in [6.07, 6.45) is 3.64. The minimum absolute atomic E-state index is 0.208. The van der Waals surface area contributed by atoms with Crippen molar-refractivity contribution in [2.24, 2.45) is 0 Å². The molecule has 2 aromatic rings. The maximum atomic E-state index is 12.9. The van der Waals surface area contributed by atoms with Gasteiger partial charge in [-0.25, -0.2) is 8.78 Å². The molecule has 1 N–H and O–H groups in total. The van der Waals surface area contributed by atoms with Crippen LogP contribution in [0.3, 0.4) is 0 Å². The van der Waals surface area contributed by atoms with E-state index < -0.39 is 0 Å². The van der Waals surface area contributed by atoms with Gasteiger partial charge in [-0.15, -0.1) is 0 Å². The second kappa shape index (κ2) is 6.38. The molecule has 0 saturated heterocycles. The SMILES string of the molecule is Cc1cc(F)ccc1CCNCc1cncc(F)c1. The molecule has 0 aliphatic carbocycles. The van der Waals surface area contributed by atoms with Gasteiger partial charge in [-0.3, -0.25) is 4.98 Å². The Kier molecular flexibility index (Phi) is 4.58. The molecule has 1 heterocycles. The van der Waals surface area contributed by atoms with Crippen molar-refractivity contribution in [1.29, 1.82) is 0 Å². The van der Waals surface area contributed by atoms with Gasteiger partial charge in [-0.2, -0.15) is 0 Å². The maximum absolute atomic E-state index is 12.9. The fourth-order valence-corrected chi connectivity index (χ4v) is 1.95.